The van der Waals surface area contributed by atoms with Gasteiger partial charge in [-0.15, -0.1) is 0 Å². The molecule has 0 aliphatic carbocycles. The normalized spacial score (nSPS) is 12.3. The molecule has 0 unspecified atom stereocenters. The molecule has 19 heavy (non-hydrogen) atoms. The fourth-order valence-electron chi connectivity index (χ4n) is 1.55. The first-order valence-corrected chi connectivity index (χ1v) is 6.10. The van der Waals surface area contributed by atoms with Gasteiger partial charge in [0.25, 0.3) is 0 Å². The lowest BCUT2D eigenvalue weighted by Crippen LogP contribution is -2.40. The molecule has 0 aromatic heterocycles. The van der Waals surface area contributed by atoms with Crippen LogP contribution < -0.4 is 15.8 Å². The predicted molar refractivity (Wildman–Crippen MR) is 67.8 cm³/mol. The van der Waals surface area contributed by atoms with Gasteiger partial charge in [0.05, 0.1) is 6.04 Å². The van der Waals surface area contributed by atoms with E-state index in [1.54, 1.807) is 12.1 Å². The Kier molecular flexibility index (Phi) is 6.21. The summed E-state index contributed by atoms with van der Waals surface area (Å²) in [4.78, 5) is 11.6. The second-order valence-corrected chi connectivity index (χ2v) is 4.14. The van der Waals surface area contributed by atoms with Crippen LogP contribution in [0.25, 0.3) is 0 Å². The molecule has 0 aliphatic rings. The number of halogens is 2. The van der Waals surface area contributed by atoms with E-state index in [-0.39, 0.29) is 11.7 Å². The molecular weight excluding hydrogens is 254 g/mol. The molecule has 1 aromatic rings. The van der Waals surface area contributed by atoms with Crippen molar-refractivity contribution in [2.24, 2.45) is 5.73 Å². The third kappa shape index (κ3) is 5.65. The third-order valence-electron chi connectivity index (χ3n) is 2.55. The zero-order valence-corrected chi connectivity index (χ0v) is 10.7. The van der Waals surface area contributed by atoms with Crippen molar-refractivity contribution < 1.29 is 18.3 Å². The van der Waals surface area contributed by atoms with Gasteiger partial charge in [-0.1, -0.05) is 25.5 Å². The molecule has 0 heterocycles. The lowest BCUT2D eigenvalue weighted by molar-refractivity contribution is -0.122. The van der Waals surface area contributed by atoms with Crippen LogP contribution in [0.4, 0.5) is 8.78 Å². The second kappa shape index (κ2) is 7.68. The highest BCUT2D eigenvalue weighted by Crippen LogP contribution is 2.14. The fraction of sp³-hybridized carbons (Fsp3) is 0.462. The highest BCUT2D eigenvalue weighted by atomic mass is 19.3. The molecule has 6 heteroatoms. The Labute approximate surface area is 110 Å². The summed E-state index contributed by atoms with van der Waals surface area (Å²) in [6.45, 7) is -0.572. The smallest absolute Gasteiger partial charge is 0.387 e. The molecule has 1 atom stereocenters. The number of ether oxygens (including phenoxy) is 1. The first-order valence-electron chi connectivity index (χ1n) is 6.10. The van der Waals surface area contributed by atoms with E-state index < -0.39 is 12.7 Å². The van der Waals surface area contributed by atoms with Crippen LogP contribution in [0.15, 0.2) is 24.3 Å². The molecule has 0 bridgehead atoms. The molecule has 0 fully saturated rings. The SMILES string of the molecule is CCC[C@H](N)C(=O)NCc1ccc(OC(F)F)cc1. The van der Waals surface area contributed by atoms with Gasteiger partial charge in [0.2, 0.25) is 5.91 Å². The summed E-state index contributed by atoms with van der Waals surface area (Å²) < 4.78 is 28.1. The Morgan fingerprint density at radius 2 is 2.00 bits per heavy atom. The number of carbonyl (C=O) groups excluding carboxylic acids is 1. The Morgan fingerprint density at radius 3 is 2.53 bits per heavy atom. The molecule has 0 saturated carbocycles. The molecule has 106 valence electrons. The highest BCUT2D eigenvalue weighted by Gasteiger charge is 2.11. The summed E-state index contributed by atoms with van der Waals surface area (Å²) >= 11 is 0. The van der Waals surface area contributed by atoms with Crippen molar-refractivity contribution in [3.05, 3.63) is 29.8 Å². The monoisotopic (exact) mass is 272 g/mol. The number of rotatable bonds is 7. The third-order valence-corrected chi connectivity index (χ3v) is 2.55. The van der Waals surface area contributed by atoms with Crippen molar-refractivity contribution in [3.63, 3.8) is 0 Å². The van der Waals surface area contributed by atoms with Crippen LogP contribution in [0, 0.1) is 0 Å². The summed E-state index contributed by atoms with van der Waals surface area (Å²) in [7, 11) is 0. The summed E-state index contributed by atoms with van der Waals surface area (Å²) in [5.74, 6) is -0.123. The minimum atomic E-state index is -2.84. The number of nitrogens with two attached hydrogens (primary N) is 1. The van der Waals surface area contributed by atoms with E-state index >= 15 is 0 Å². The minimum Gasteiger partial charge on any atom is -0.435 e. The maximum atomic E-state index is 11.9. The molecule has 0 radical (unpaired) electrons. The molecular formula is C13H18F2N2O2. The van der Waals surface area contributed by atoms with E-state index in [4.69, 9.17) is 5.73 Å². The number of amides is 1. The van der Waals surface area contributed by atoms with Gasteiger partial charge in [0.1, 0.15) is 5.75 Å². The van der Waals surface area contributed by atoms with Crippen LogP contribution in [0.1, 0.15) is 25.3 Å². The number of alkyl halides is 2. The maximum Gasteiger partial charge on any atom is 0.387 e. The van der Waals surface area contributed by atoms with Gasteiger partial charge < -0.3 is 15.8 Å². The van der Waals surface area contributed by atoms with Crippen LogP contribution in [0.2, 0.25) is 0 Å². The van der Waals surface area contributed by atoms with Crippen LogP contribution in [-0.2, 0) is 11.3 Å². The second-order valence-electron chi connectivity index (χ2n) is 4.14. The highest BCUT2D eigenvalue weighted by molar-refractivity contribution is 5.81. The average Bonchev–Trinajstić information content (AvgIpc) is 2.37. The van der Waals surface area contributed by atoms with Crippen molar-refractivity contribution in [2.75, 3.05) is 0 Å². The molecule has 0 saturated heterocycles. The quantitative estimate of drug-likeness (QED) is 0.798. The zero-order valence-electron chi connectivity index (χ0n) is 10.7. The number of carbonyl (C=O) groups is 1. The number of benzene rings is 1. The topological polar surface area (TPSA) is 64.4 Å². The predicted octanol–water partition coefficient (Wildman–Crippen LogP) is 2.03. The van der Waals surface area contributed by atoms with Crippen LogP contribution in [0.3, 0.4) is 0 Å². The first-order chi connectivity index (χ1) is 9.02. The van der Waals surface area contributed by atoms with Gasteiger partial charge in [-0.2, -0.15) is 8.78 Å². The Bertz CT molecular complexity index is 396. The minimum absolute atomic E-state index is 0.0905. The van der Waals surface area contributed by atoms with E-state index in [1.165, 1.54) is 12.1 Å². The number of nitrogens with one attached hydrogen (secondary N) is 1. The number of hydrogen-bond acceptors (Lipinski definition) is 3. The average molecular weight is 272 g/mol. The Balaban J connectivity index is 2.43. The largest absolute Gasteiger partial charge is 0.435 e. The van der Waals surface area contributed by atoms with E-state index in [2.05, 4.69) is 10.1 Å². The van der Waals surface area contributed by atoms with E-state index in [1.807, 2.05) is 6.92 Å². The van der Waals surface area contributed by atoms with Crippen LogP contribution in [-0.4, -0.2) is 18.6 Å². The molecule has 1 amide bonds. The van der Waals surface area contributed by atoms with E-state index in [0.29, 0.717) is 13.0 Å². The fourth-order valence-corrected chi connectivity index (χ4v) is 1.55. The van der Waals surface area contributed by atoms with Crippen LogP contribution >= 0.6 is 0 Å². The van der Waals surface area contributed by atoms with Crippen LogP contribution in [0.5, 0.6) is 5.75 Å². The lowest BCUT2D eigenvalue weighted by Gasteiger charge is -2.11. The van der Waals surface area contributed by atoms with Gasteiger partial charge in [-0.05, 0) is 24.1 Å². The zero-order chi connectivity index (χ0) is 14.3. The lowest BCUT2D eigenvalue weighted by atomic mass is 10.1. The summed E-state index contributed by atoms with van der Waals surface area (Å²) in [5, 5.41) is 2.69. The molecule has 1 rings (SSSR count). The standard InChI is InChI=1S/C13H18F2N2O2/c1-2-3-11(16)12(18)17-8-9-4-6-10(7-5-9)19-13(14)15/h4-7,11,13H,2-3,8,16H2,1H3,(H,17,18)/t11-/m0/s1. The molecule has 3 N–H and O–H groups in total. The molecule has 0 aliphatic heterocycles. The van der Waals surface area contributed by atoms with Gasteiger partial charge in [-0.3, -0.25) is 4.79 Å². The summed E-state index contributed by atoms with van der Waals surface area (Å²) in [5.41, 5.74) is 6.45. The van der Waals surface area contributed by atoms with Crippen molar-refractivity contribution in [3.8, 4) is 5.75 Å². The van der Waals surface area contributed by atoms with Gasteiger partial charge >= 0.3 is 6.61 Å². The molecule has 4 nitrogen and oxygen atoms in total. The van der Waals surface area contributed by atoms with Crippen molar-refractivity contribution in [1.29, 1.82) is 0 Å². The van der Waals surface area contributed by atoms with Crippen molar-refractivity contribution >= 4 is 5.91 Å². The van der Waals surface area contributed by atoms with Gasteiger partial charge in [-0.25, -0.2) is 0 Å². The summed E-state index contributed by atoms with van der Waals surface area (Å²) in [6.07, 6.45) is 1.47. The maximum absolute atomic E-state index is 11.9. The van der Waals surface area contributed by atoms with E-state index in [0.717, 1.165) is 12.0 Å². The summed E-state index contributed by atoms with van der Waals surface area (Å²) in [6, 6.07) is 5.58. The van der Waals surface area contributed by atoms with Crippen molar-refractivity contribution in [2.45, 2.75) is 39.0 Å². The Morgan fingerprint density at radius 1 is 1.37 bits per heavy atom. The molecule has 0 spiro atoms. The van der Waals surface area contributed by atoms with Gasteiger partial charge in [0, 0.05) is 6.54 Å². The van der Waals surface area contributed by atoms with E-state index in [9.17, 15) is 13.6 Å². The Hall–Kier alpha value is -1.69. The van der Waals surface area contributed by atoms with Gasteiger partial charge in [0.15, 0.2) is 0 Å². The molecule has 1 aromatic carbocycles. The number of hydrogen-bond donors (Lipinski definition) is 2. The first kappa shape index (κ1) is 15.4. The van der Waals surface area contributed by atoms with Crippen molar-refractivity contribution in [1.82, 2.24) is 5.32 Å².